The predicted octanol–water partition coefficient (Wildman–Crippen LogP) is 16.8. The van der Waals surface area contributed by atoms with Crippen LogP contribution in [0, 0.1) is 0 Å². The van der Waals surface area contributed by atoms with Crippen molar-refractivity contribution >= 4 is 46.3 Å². The third kappa shape index (κ3) is 5.60. The minimum absolute atomic E-state index is 0.566. The molecule has 1 heterocycles. The van der Waals surface area contributed by atoms with E-state index >= 15 is 0 Å². The summed E-state index contributed by atoms with van der Waals surface area (Å²) in [7, 11) is 0. The molecule has 0 amide bonds. The lowest BCUT2D eigenvalue weighted by Crippen LogP contribution is -2.30. The standard InChI is InChI=1S/C63H42N2/c1-3-18-43(19-4-1)44-36-38-48(39-37-44)64(61-33-17-28-55-51-25-10-9-24-50(51)54-27-12-16-32-60(54)65(62(55)61)47-22-5-2-6-23-47)49-40-41-53-52-26-11-15-31-58(52)63(59(53)42-49)56-29-13-7-20-45(56)34-35-46-21-8-14-30-57(46)63/h1-42H. The molecule has 2 aliphatic carbocycles. The van der Waals surface area contributed by atoms with Gasteiger partial charge < -0.3 is 9.80 Å². The molecule has 0 unspecified atom stereocenters. The smallest absolute Gasteiger partial charge is 0.0781 e. The second kappa shape index (κ2) is 14.8. The highest BCUT2D eigenvalue weighted by Gasteiger charge is 2.48. The number of fused-ring (bicyclic) bond motifs is 14. The molecule has 0 fully saturated rings. The highest BCUT2D eigenvalue weighted by molar-refractivity contribution is 6.08. The first-order valence-electron chi connectivity index (χ1n) is 22.5. The molecule has 0 saturated heterocycles. The molecular weight excluding hydrogens is 785 g/mol. The summed E-state index contributed by atoms with van der Waals surface area (Å²) in [5, 5.41) is 0. The van der Waals surface area contributed by atoms with Crippen LogP contribution in [0.25, 0.3) is 56.7 Å². The first kappa shape index (κ1) is 37.1. The first-order chi connectivity index (χ1) is 32.3. The molecule has 0 N–H and O–H groups in total. The van der Waals surface area contributed by atoms with E-state index in [-0.39, 0.29) is 0 Å². The average Bonchev–Trinajstić information content (AvgIpc) is 3.48. The molecular formula is C63H42N2. The van der Waals surface area contributed by atoms with Crippen molar-refractivity contribution in [2.24, 2.45) is 0 Å². The second-order valence-electron chi connectivity index (χ2n) is 17.2. The van der Waals surface area contributed by atoms with Gasteiger partial charge in [-0.05, 0) is 115 Å². The summed E-state index contributed by atoms with van der Waals surface area (Å²) in [6.45, 7) is 0. The van der Waals surface area contributed by atoms with Crippen molar-refractivity contribution in [1.82, 2.24) is 0 Å². The maximum atomic E-state index is 2.50. The van der Waals surface area contributed by atoms with Crippen molar-refractivity contribution in [3.05, 3.63) is 276 Å². The van der Waals surface area contributed by atoms with Crippen molar-refractivity contribution < 1.29 is 0 Å². The summed E-state index contributed by atoms with van der Waals surface area (Å²) >= 11 is 0. The molecule has 304 valence electrons. The van der Waals surface area contributed by atoms with Gasteiger partial charge in [0, 0.05) is 28.2 Å². The van der Waals surface area contributed by atoms with Gasteiger partial charge in [-0.1, -0.05) is 206 Å². The fourth-order valence-electron chi connectivity index (χ4n) is 11.1. The molecule has 0 saturated carbocycles. The Morgan fingerprint density at radius 1 is 0.323 bits per heavy atom. The van der Waals surface area contributed by atoms with Crippen molar-refractivity contribution in [3.8, 4) is 44.5 Å². The van der Waals surface area contributed by atoms with E-state index in [4.69, 9.17) is 0 Å². The zero-order valence-electron chi connectivity index (χ0n) is 35.6. The van der Waals surface area contributed by atoms with E-state index < -0.39 is 5.41 Å². The lowest BCUT2D eigenvalue weighted by atomic mass is 9.66. The fraction of sp³-hybridized carbons (Fsp3) is 0.0159. The highest BCUT2D eigenvalue weighted by Crippen LogP contribution is 2.61. The van der Waals surface area contributed by atoms with E-state index in [1.54, 1.807) is 0 Å². The van der Waals surface area contributed by atoms with Crippen molar-refractivity contribution in [1.29, 1.82) is 0 Å². The van der Waals surface area contributed by atoms with Gasteiger partial charge >= 0.3 is 0 Å². The molecule has 3 aliphatic rings. The molecule has 0 radical (unpaired) electrons. The zero-order valence-corrected chi connectivity index (χ0v) is 35.6. The Labute approximate surface area is 380 Å². The molecule has 0 bridgehead atoms. The predicted molar refractivity (Wildman–Crippen MR) is 272 cm³/mol. The zero-order chi connectivity index (χ0) is 42.9. The maximum absolute atomic E-state index is 2.50. The van der Waals surface area contributed by atoms with Crippen LogP contribution in [0.15, 0.2) is 243 Å². The summed E-state index contributed by atoms with van der Waals surface area (Å²) in [5.41, 5.74) is 23.4. The Balaban J connectivity index is 1.13. The first-order valence-corrected chi connectivity index (χ1v) is 22.5. The molecule has 65 heavy (non-hydrogen) atoms. The van der Waals surface area contributed by atoms with Gasteiger partial charge in [0.25, 0.3) is 0 Å². The SMILES string of the molecule is C1=Cc2ccccc2C2(c3ccccc31)c1ccccc1-c1ccc(N(c3ccc(-c4ccccc4)cc3)c3cccc4c3N(c3ccccc3)c3ccccc3-c3ccccc3-4)cc12. The minimum Gasteiger partial charge on any atom is -0.308 e. The molecule has 1 aliphatic heterocycles. The Morgan fingerprint density at radius 3 is 1.54 bits per heavy atom. The lowest BCUT2D eigenvalue weighted by molar-refractivity contribution is 0.766. The number of anilines is 6. The van der Waals surface area contributed by atoms with Crippen LogP contribution in [0.4, 0.5) is 34.1 Å². The fourth-order valence-corrected chi connectivity index (χ4v) is 11.1. The number of para-hydroxylation sites is 3. The summed E-state index contributed by atoms with van der Waals surface area (Å²) < 4.78 is 0. The van der Waals surface area contributed by atoms with Crippen LogP contribution in [-0.2, 0) is 5.41 Å². The molecule has 10 aromatic carbocycles. The Kier molecular flexibility index (Phi) is 8.47. The monoisotopic (exact) mass is 826 g/mol. The van der Waals surface area contributed by atoms with Gasteiger partial charge in [0.1, 0.15) is 0 Å². The molecule has 13 rings (SSSR count). The Bertz CT molecular complexity index is 3440. The average molecular weight is 827 g/mol. The van der Waals surface area contributed by atoms with Crippen LogP contribution < -0.4 is 9.80 Å². The second-order valence-corrected chi connectivity index (χ2v) is 17.2. The Morgan fingerprint density at radius 2 is 0.831 bits per heavy atom. The van der Waals surface area contributed by atoms with E-state index in [1.165, 1.54) is 77.9 Å². The number of hydrogen-bond donors (Lipinski definition) is 0. The van der Waals surface area contributed by atoms with E-state index in [1.807, 2.05) is 0 Å². The van der Waals surface area contributed by atoms with Gasteiger partial charge in [-0.15, -0.1) is 0 Å². The normalized spacial score (nSPS) is 13.3. The number of nitrogens with zero attached hydrogens (tertiary/aromatic N) is 2. The van der Waals surface area contributed by atoms with E-state index in [9.17, 15) is 0 Å². The molecule has 2 heteroatoms. The molecule has 0 aromatic heterocycles. The van der Waals surface area contributed by atoms with Crippen LogP contribution in [0.1, 0.15) is 33.4 Å². The van der Waals surface area contributed by atoms with E-state index in [2.05, 4.69) is 265 Å². The van der Waals surface area contributed by atoms with Gasteiger partial charge in [-0.3, -0.25) is 0 Å². The van der Waals surface area contributed by atoms with Crippen molar-refractivity contribution in [3.63, 3.8) is 0 Å². The summed E-state index contributed by atoms with van der Waals surface area (Å²) in [4.78, 5) is 4.99. The number of hydrogen-bond acceptors (Lipinski definition) is 2. The van der Waals surface area contributed by atoms with Crippen molar-refractivity contribution in [2.45, 2.75) is 5.41 Å². The van der Waals surface area contributed by atoms with Gasteiger partial charge in [0.15, 0.2) is 0 Å². The summed E-state index contributed by atoms with van der Waals surface area (Å²) in [5.74, 6) is 0. The molecule has 10 aromatic rings. The largest absolute Gasteiger partial charge is 0.308 e. The van der Waals surface area contributed by atoms with Crippen LogP contribution in [0.3, 0.4) is 0 Å². The quantitative estimate of drug-likeness (QED) is 0.171. The van der Waals surface area contributed by atoms with Gasteiger partial charge in [-0.25, -0.2) is 0 Å². The van der Waals surface area contributed by atoms with Gasteiger partial charge in [0.2, 0.25) is 0 Å². The van der Waals surface area contributed by atoms with Crippen LogP contribution in [-0.4, -0.2) is 0 Å². The summed E-state index contributed by atoms with van der Waals surface area (Å²) in [6.07, 6.45) is 4.61. The van der Waals surface area contributed by atoms with Crippen LogP contribution in [0.2, 0.25) is 0 Å². The molecule has 1 spiro atoms. The highest BCUT2D eigenvalue weighted by atomic mass is 15.2. The molecule has 0 atom stereocenters. The molecule has 2 nitrogen and oxygen atoms in total. The third-order valence-corrected chi connectivity index (χ3v) is 13.8. The maximum Gasteiger partial charge on any atom is 0.0781 e. The van der Waals surface area contributed by atoms with E-state index in [0.29, 0.717) is 0 Å². The van der Waals surface area contributed by atoms with Gasteiger partial charge in [0.05, 0.1) is 22.5 Å². The topological polar surface area (TPSA) is 6.48 Å². The van der Waals surface area contributed by atoms with Gasteiger partial charge in [-0.2, -0.15) is 0 Å². The van der Waals surface area contributed by atoms with E-state index in [0.717, 1.165) is 34.1 Å². The van der Waals surface area contributed by atoms with Crippen LogP contribution in [0.5, 0.6) is 0 Å². The minimum atomic E-state index is -0.566. The number of benzene rings is 10. The lowest BCUT2D eigenvalue weighted by Gasteiger charge is -2.37. The third-order valence-electron chi connectivity index (χ3n) is 13.8. The number of rotatable bonds is 5. The van der Waals surface area contributed by atoms with Crippen LogP contribution >= 0.6 is 0 Å². The Hall–Kier alpha value is -8.46. The summed E-state index contributed by atoms with van der Waals surface area (Å²) in [6, 6.07) is 89.6. The van der Waals surface area contributed by atoms with Crippen molar-refractivity contribution in [2.75, 3.05) is 9.80 Å².